The molecule has 286 valence electrons. The summed E-state index contributed by atoms with van der Waals surface area (Å²) in [6.07, 6.45) is -11.6. The number of hydrogen-bond acceptors (Lipinski definition) is 10. The van der Waals surface area contributed by atoms with Crippen LogP contribution in [0.3, 0.4) is 0 Å². The van der Waals surface area contributed by atoms with Gasteiger partial charge in [-0.1, -0.05) is 32.6 Å². The highest BCUT2D eigenvalue weighted by molar-refractivity contribution is 5.35. The van der Waals surface area contributed by atoms with Crippen molar-refractivity contribution in [3.63, 3.8) is 0 Å². The Labute approximate surface area is 291 Å². The summed E-state index contributed by atoms with van der Waals surface area (Å²) in [5, 5.41) is 11.4. The van der Waals surface area contributed by atoms with E-state index < -0.39 is 95.3 Å². The molecule has 4 bridgehead atoms. The third-order valence-corrected chi connectivity index (χ3v) is 13.4. The number of allylic oxidation sites excluding steroid dienone is 1. The van der Waals surface area contributed by atoms with E-state index in [-0.39, 0.29) is 30.1 Å². The number of rotatable bonds is 3. The lowest BCUT2D eigenvalue weighted by Gasteiger charge is -2.62. The van der Waals surface area contributed by atoms with Gasteiger partial charge < -0.3 is 28.8 Å². The minimum atomic E-state index is -5.08. The lowest BCUT2D eigenvalue weighted by molar-refractivity contribution is -0.598. The zero-order chi connectivity index (χ0) is 36.6. The fourth-order valence-corrected chi connectivity index (χ4v) is 10.8. The lowest BCUT2D eigenvalue weighted by atomic mass is 9.57. The van der Waals surface area contributed by atoms with E-state index in [1.807, 2.05) is 13.8 Å². The Morgan fingerprint density at radius 1 is 0.765 bits per heavy atom. The molecule has 7 saturated heterocycles. The van der Waals surface area contributed by atoms with Crippen LogP contribution in [0.1, 0.15) is 86.0 Å². The first kappa shape index (κ1) is 36.3. The molecule has 16 heteroatoms. The predicted octanol–water partition coefficient (Wildman–Crippen LogP) is 6.57. The van der Waals surface area contributed by atoms with Crippen molar-refractivity contribution in [3.05, 3.63) is 11.3 Å². The Morgan fingerprint density at radius 2 is 1.35 bits per heavy atom. The van der Waals surface area contributed by atoms with E-state index in [2.05, 4.69) is 11.8 Å². The van der Waals surface area contributed by atoms with Gasteiger partial charge in [0.05, 0.1) is 0 Å². The minimum Gasteiger partial charge on any atom is -0.456 e. The van der Waals surface area contributed by atoms with Crippen LogP contribution in [-0.2, 0) is 43.2 Å². The average Bonchev–Trinajstić information content (AvgIpc) is 3.42. The summed E-state index contributed by atoms with van der Waals surface area (Å²) in [4.78, 5) is 23.2. The Bertz CT molecular complexity index is 1510. The molecule has 0 radical (unpaired) electrons. The van der Waals surface area contributed by atoms with Crippen LogP contribution in [0.25, 0.3) is 0 Å². The summed E-state index contributed by atoms with van der Waals surface area (Å²) in [6.45, 7) is 7.60. The number of alkyl halides is 6. The van der Waals surface area contributed by atoms with Crippen molar-refractivity contribution < 1.29 is 74.7 Å². The van der Waals surface area contributed by atoms with Gasteiger partial charge >= 0.3 is 12.4 Å². The number of hydrogen-bond donors (Lipinski definition) is 1. The van der Waals surface area contributed by atoms with E-state index >= 15 is 13.2 Å². The van der Waals surface area contributed by atoms with Crippen LogP contribution in [-0.4, -0.2) is 71.3 Å². The molecule has 8 aliphatic heterocycles. The fourth-order valence-electron chi connectivity index (χ4n) is 10.8. The maximum absolute atomic E-state index is 15.2. The van der Waals surface area contributed by atoms with Crippen molar-refractivity contribution in [1.29, 1.82) is 0 Å². The SMILES string of the molecule is C[C@@H]1CC[C@H]2C(C(O)C#CCO[C@@]3(C(F)(F)F)O[C@@H]4O[C@@]5(C)CCC6[C@H](C)CC[C@@H]([C@H]3C)[C@]64OO5)=C(C(F)(F)F)O[C@@H]3O[C@@]4(C)CCC1[C@]32OO4. The summed E-state index contributed by atoms with van der Waals surface area (Å²) in [6, 6.07) is 0. The van der Waals surface area contributed by atoms with Crippen LogP contribution in [0.15, 0.2) is 11.3 Å². The van der Waals surface area contributed by atoms with Crippen molar-refractivity contribution in [3.8, 4) is 11.8 Å². The van der Waals surface area contributed by atoms with Crippen molar-refractivity contribution in [2.45, 2.75) is 146 Å². The second-order valence-electron chi connectivity index (χ2n) is 16.3. The number of aliphatic hydroxyl groups excluding tert-OH is 1. The Kier molecular flexibility index (Phi) is 8.30. The zero-order valence-electron chi connectivity index (χ0n) is 29.0. The van der Waals surface area contributed by atoms with Gasteiger partial charge in [-0.3, -0.25) is 0 Å². The maximum atomic E-state index is 15.2. The second-order valence-corrected chi connectivity index (χ2v) is 16.3. The topological polar surface area (TPSA) is 103 Å². The van der Waals surface area contributed by atoms with Crippen LogP contribution in [0, 0.1) is 53.3 Å². The van der Waals surface area contributed by atoms with E-state index in [9.17, 15) is 18.3 Å². The van der Waals surface area contributed by atoms with E-state index in [4.69, 9.17) is 43.2 Å². The molecule has 10 rings (SSSR count). The van der Waals surface area contributed by atoms with E-state index in [0.717, 1.165) is 0 Å². The van der Waals surface area contributed by atoms with Gasteiger partial charge in [-0.05, 0) is 70.1 Å². The molecule has 2 saturated carbocycles. The predicted molar refractivity (Wildman–Crippen MR) is 159 cm³/mol. The molecule has 0 aromatic rings. The van der Waals surface area contributed by atoms with Gasteiger partial charge in [0.15, 0.2) is 17.5 Å². The quantitative estimate of drug-likeness (QED) is 0.194. The molecular weight excluding hydrogens is 694 g/mol. The monoisotopic (exact) mass is 738 g/mol. The summed E-state index contributed by atoms with van der Waals surface area (Å²) in [5.41, 5.74) is -3.38. The zero-order valence-corrected chi connectivity index (χ0v) is 29.0. The number of aliphatic hydroxyl groups is 1. The van der Waals surface area contributed by atoms with Gasteiger partial charge in [0, 0.05) is 42.1 Å². The molecule has 0 aromatic carbocycles. The van der Waals surface area contributed by atoms with E-state index in [1.54, 1.807) is 13.8 Å². The maximum Gasteiger partial charge on any atom is 0.449 e. The molecule has 10 nitrogen and oxygen atoms in total. The highest BCUT2D eigenvalue weighted by Crippen LogP contribution is 2.65. The smallest absolute Gasteiger partial charge is 0.449 e. The molecule has 3 unspecified atom stereocenters. The molecule has 8 heterocycles. The standard InChI is InChI=1S/C35H44F6O10/c1-17-8-10-22-19(3)33(35(39,40)41,47-28-31(22)20(17)12-15-30(5,46-28)49-50-31)43-16-6-7-24(42)25-23-11-9-18(2)21-13-14-29(4)45-27(32(21,23)51-48-29)44-26(25)34(36,37)38/h17-24,27-28,42H,8-16H2,1-5H3/t17-,18-,19-,20?,21?,22+,23+,24?,27-,28+,29-,30-,31-,32-,33-/m1/s1. The van der Waals surface area contributed by atoms with Crippen LogP contribution < -0.4 is 0 Å². The Hall–Kier alpha value is -1.68. The summed E-state index contributed by atoms with van der Waals surface area (Å²) in [7, 11) is 0. The average molecular weight is 739 g/mol. The lowest BCUT2D eigenvalue weighted by Crippen LogP contribution is -2.76. The summed E-state index contributed by atoms with van der Waals surface area (Å²) < 4.78 is 118. The van der Waals surface area contributed by atoms with Crippen LogP contribution in [0.4, 0.5) is 26.3 Å². The van der Waals surface area contributed by atoms with Crippen molar-refractivity contribution in [2.24, 2.45) is 41.4 Å². The largest absolute Gasteiger partial charge is 0.456 e. The number of ether oxygens (including phenoxy) is 5. The van der Waals surface area contributed by atoms with Crippen molar-refractivity contribution >= 4 is 0 Å². The summed E-state index contributed by atoms with van der Waals surface area (Å²) in [5.74, 6) is -6.21. The minimum absolute atomic E-state index is 0.00959. The molecule has 2 aliphatic carbocycles. The third kappa shape index (κ3) is 5.12. The van der Waals surface area contributed by atoms with Gasteiger partial charge in [-0.2, -0.15) is 26.3 Å². The van der Waals surface area contributed by atoms with E-state index in [0.29, 0.717) is 44.9 Å². The molecule has 10 aliphatic rings. The fraction of sp³-hybridized carbons (Fsp3) is 0.886. The first-order chi connectivity index (χ1) is 23.8. The van der Waals surface area contributed by atoms with Gasteiger partial charge in [-0.25, -0.2) is 19.6 Å². The molecule has 1 N–H and O–H groups in total. The number of halogens is 6. The van der Waals surface area contributed by atoms with Crippen molar-refractivity contribution in [2.75, 3.05) is 6.61 Å². The highest BCUT2D eigenvalue weighted by atomic mass is 19.4. The third-order valence-electron chi connectivity index (χ3n) is 13.4. The normalized spacial score (nSPS) is 50.9. The Balaban J connectivity index is 1.10. The molecule has 15 atom stereocenters. The Morgan fingerprint density at radius 3 is 1.98 bits per heavy atom. The molecular formula is C35H44F6O10. The van der Waals surface area contributed by atoms with Gasteiger partial charge in [0.2, 0.25) is 23.6 Å². The molecule has 51 heavy (non-hydrogen) atoms. The first-order valence-corrected chi connectivity index (χ1v) is 17.9. The van der Waals surface area contributed by atoms with Gasteiger partial charge in [0.25, 0.3) is 5.79 Å². The summed E-state index contributed by atoms with van der Waals surface area (Å²) >= 11 is 0. The van der Waals surface area contributed by atoms with Crippen molar-refractivity contribution in [1.82, 2.24) is 0 Å². The second kappa shape index (κ2) is 11.7. The first-order valence-electron chi connectivity index (χ1n) is 17.9. The van der Waals surface area contributed by atoms with Gasteiger partial charge in [0.1, 0.15) is 12.7 Å². The number of fused-ring (bicyclic) bond motifs is 4. The van der Waals surface area contributed by atoms with E-state index in [1.165, 1.54) is 6.92 Å². The molecule has 0 amide bonds. The highest BCUT2D eigenvalue weighted by Gasteiger charge is 2.77. The van der Waals surface area contributed by atoms with Crippen LogP contribution in [0.2, 0.25) is 0 Å². The van der Waals surface area contributed by atoms with Crippen LogP contribution >= 0.6 is 0 Å². The molecule has 9 fully saturated rings. The van der Waals surface area contributed by atoms with Crippen LogP contribution in [0.5, 0.6) is 0 Å². The molecule has 0 aromatic heterocycles. The molecule has 2 spiro atoms. The van der Waals surface area contributed by atoms with Gasteiger partial charge in [-0.15, -0.1) is 0 Å².